The van der Waals surface area contributed by atoms with Crippen LogP contribution in [-0.2, 0) is 0 Å². The Morgan fingerprint density at radius 1 is 1.40 bits per heavy atom. The van der Waals surface area contributed by atoms with E-state index in [-0.39, 0.29) is 5.41 Å². The Morgan fingerprint density at radius 3 is 2.40 bits per heavy atom. The second-order valence-electron chi connectivity index (χ2n) is 5.47. The van der Waals surface area contributed by atoms with Crippen LogP contribution in [0, 0.1) is 10.8 Å². The van der Waals surface area contributed by atoms with Crippen LogP contribution in [0.3, 0.4) is 0 Å². The zero-order chi connectivity index (χ0) is 11.5. The molecule has 1 aliphatic rings. The molecule has 0 saturated heterocycles. The highest BCUT2D eigenvalue weighted by atomic mass is 15.1. The maximum Gasteiger partial charge on any atom is 0.0963 e. The van der Waals surface area contributed by atoms with Crippen LogP contribution < -0.4 is 5.73 Å². The summed E-state index contributed by atoms with van der Waals surface area (Å²) in [5, 5.41) is 7.51. The van der Waals surface area contributed by atoms with Crippen LogP contribution in [0.15, 0.2) is 0 Å². The van der Waals surface area contributed by atoms with Crippen LogP contribution in [0.25, 0.3) is 0 Å². The lowest BCUT2D eigenvalue weighted by Gasteiger charge is -2.29. The predicted molar refractivity (Wildman–Crippen MR) is 65.2 cm³/mol. The molecule has 1 saturated carbocycles. The van der Waals surface area contributed by atoms with E-state index in [0.29, 0.717) is 5.84 Å². The van der Waals surface area contributed by atoms with Crippen LogP contribution in [0.1, 0.15) is 46.0 Å². The maximum absolute atomic E-state index is 7.51. The third-order valence-electron chi connectivity index (χ3n) is 3.77. The van der Waals surface area contributed by atoms with E-state index < -0.39 is 0 Å². The van der Waals surface area contributed by atoms with Crippen LogP contribution in [0.4, 0.5) is 0 Å². The summed E-state index contributed by atoms with van der Waals surface area (Å²) in [4.78, 5) is 2.44. The molecule has 0 heterocycles. The Labute approximate surface area is 93.5 Å². The van der Waals surface area contributed by atoms with Crippen LogP contribution >= 0.6 is 0 Å². The van der Waals surface area contributed by atoms with Gasteiger partial charge in [-0.15, -0.1) is 0 Å². The Balaban J connectivity index is 2.32. The Hall–Kier alpha value is -0.570. The van der Waals surface area contributed by atoms with E-state index in [1.54, 1.807) is 0 Å². The summed E-state index contributed by atoms with van der Waals surface area (Å²) < 4.78 is 0. The van der Waals surface area contributed by atoms with E-state index in [2.05, 4.69) is 25.8 Å². The van der Waals surface area contributed by atoms with E-state index in [1.807, 2.05) is 0 Å². The van der Waals surface area contributed by atoms with E-state index in [4.69, 9.17) is 11.1 Å². The van der Waals surface area contributed by atoms with Gasteiger partial charge in [0.1, 0.15) is 0 Å². The van der Waals surface area contributed by atoms with Crippen molar-refractivity contribution >= 4 is 5.84 Å². The van der Waals surface area contributed by atoms with Gasteiger partial charge in [-0.2, -0.15) is 0 Å². The molecule has 0 atom stereocenters. The fourth-order valence-electron chi connectivity index (χ4n) is 2.12. The van der Waals surface area contributed by atoms with Crippen LogP contribution in [0.2, 0.25) is 0 Å². The molecule has 3 nitrogen and oxygen atoms in total. The van der Waals surface area contributed by atoms with Gasteiger partial charge in [-0.05, 0) is 32.9 Å². The van der Waals surface area contributed by atoms with Crippen molar-refractivity contribution in [3.05, 3.63) is 0 Å². The van der Waals surface area contributed by atoms with Gasteiger partial charge in [0.15, 0.2) is 0 Å². The van der Waals surface area contributed by atoms with Crippen molar-refractivity contribution in [3.63, 3.8) is 0 Å². The molecule has 88 valence electrons. The number of hydrogen-bond donors (Lipinski definition) is 2. The fourth-order valence-corrected chi connectivity index (χ4v) is 2.12. The molecular weight excluding hydrogens is 186 g/mol. The third-order valence-corrected chi connectivity index (χ3v) is 3.77. The average Bonchev–Trinajstić information content (AvgIpc) is 2.66. The highest BCUT2D eigenvalue weighted by Crippen LogP contribution is 2.25. The summed E-state index contributed by atoms with van der Waals surface area (Å²) in [5.41, 5.74) is 5.43. The van der Waals surface area contributed by atoms with Gasteiger partial charge in [0.05, 0.1) is 5.84 Å². The molecule has 3 N–H and O–H groups in total. The lowest BCUT2D eigenvalue weighted by Crippen LogP contribution is -2.37. The molecule has 0 unspecified atom stereocenters. The van der Waals surface area contributed by atoms with Gasteiger partial charge in [0, 0.05) is 11.5 Å². The highest BCUT2D eigenvalue weighted by Gasteiger charge is 2.24. The number of nitrogens with one attached hydrogen (secondary N) is 1. The smallest absolute Gasteiger partial charge is 0.0963 e. The highest BCUT2D eigenvalue weighted by molar-refractivity contribution is 5.82. The normalized spacial score (nSPS) is 18.7. The molecule has 0 aromatic rings. The third kappa shape index (κ3) is 3.49. The summed E-state index contributed by atoms with van der Waals surface area (Å²) in [6.07, 6.45) is 6.43. The molecule has 15 heavy (non-hydrogen) atoms. The molecule has 0 radical (unpaired) electrons. The minimum Gasteiger partial charge on any atom is -0.387 e. The van der Waals surface area contributed by atoms with Crippen molar-refractivity contribution in [2.75, 3.05) is 13.6 Å². The minimum absolute atomic E-state index is 0.146. The molecule has 1 fully saturated rings. The zero-order valence-electron chi connectivity index (χ0n) is 10.3. The number of amidine groups is 1. The first-order valence-electron chi connectivity index (χ1n) is 5.98. The van der Waals surface area contributed by atoms with Gasteiger partial charge in [-0.1, -0.05) is 26.7 Å². The molecular formula is C12H25N3. The van der Waals surface area contributed by atoms with E-state index in [9.17, 15) is 0 Å². The molecule has 0 aliphatic heterocycles. The summed E-state index contributed by atoms with van der Waals surface area (Å²) in [6.45, 7) is 5.16. The standard InChI is InChI=1S/C12H25N3/c1-12(2,11(13)14)8-9-15(3)10-6-4-5-7-10/h10H,4-9H2,1-3H3,(H3,13,14). The van der Waals surface area contributed by atoms with Crippen molar-refractivity contribution in [1.29, 1.82) is 5.41 Å². The van der Waals surface area contributed by atoms with Gasteiger partial charge < -0.3 is 10.6 Å². The summed E-state index contributed by atoms with van der Waals surface area (Å²) >= 11 is 0. The summed E-state index contributed by atoms with van der Waals surface area (Å²) in [6, 6.07) is 0.771. The van der Waals surface area contributed by atoms with Crippen LogP contribution in [-0.4, -0.2) is 30.4 Å². The number of nitrogens with two attached hydrogens (primary N) is 1. The van der Waals surface area contributed by atoms with Crippen molar-refractivity contribution < 1.29 is 0 Å². The first-order chi connectivity index (χ1) is 6.93. The number of hydrogen-bond acceptors (Lipinski definition) is 2. The second kappa shape index (κ2) is 4.97. The van der Waals surface area contributed by atoms with Gasteiger partial charge in [0.25, 0.3) is 0 Å². The topological polar surface area (TPSA) is 53.1 Å². The fraction of sp³-hybridized carbons (Fsp3) is 0.917. The monoisotopic (exact) mass is 211 g/mol. The Bertz CT molecular complexity index is 217. The Morgan fingerprint density at radius 2 is 1.93 bits per heavy atom. The molecule has 0 amide bonds. The predicted octanol–water partition coefficient (Wildman–Crippen LogP) is 2.21. The average molecular weight is 211 g/mol. The van der Waals surface area contributed by atoms with Gasteiger partial charge in [-0.3, -0.25) is 5.41 Å². The molecule has 0 spiro atoms. The van der Waals surface area contributed by atoms with E-state index >= 15 is 0 Å². The molecule has 0 aromatic heterocycles. The van der Waals surface area contributed by atoms with E-state index in [0.717, 1.165) is 19.0 Å². The molecule has 0 bridgehead atoms. The largest absolute Gasteiger partial charge is 0.387 e. The van der Waals surface area contributed by atoms with Crippen molar-refractivity contribution in [2.24, 2.45) is 11.1 Å². The summed E-state index contributed by atoms with van der Waals surface area (Å²) in [5.74, 6) is 0.308. The summed E-state index contributed by atoms with van der Waals surface area (Å²) in [7, 11) is 2.20. The second-order valence-corrected chi connectivity index (χ2v) is 5.47. The molecule has 1 rings (SSSR count). The zero-order valence-corrected chi connectivity index (χ0v) is 10.3. The van der Waals surface area contributed by atoms with Gasteiger partial charge >= 0.3 is 0 Å². The quantitative estimate of drug-likeness (QED) is 0.541. The van der Waals surface area contributed by atoms with Crippen molar-refractivity contribution in [2.45, 2.75) is 52.0 Å². The molecule has 1 aliphatic carbocycles. The van der Waals surface area contributed by atoms with Gasteiger partial charge in [-0.25, -0.2) is 0 Å². The lowest BCUT2D eigenvalue weighted by atomic mass is 9.88. The minimum atomic E-state index is -0.146. The SMILES string of the molecule is CN(CCC(C)(C)C(=N)N)C1CCCC1. The first-order valence-corrected chi connectivity index (χ1v) is 5.98. The molecule has 3 heteroatoms. The number of nitrogens with zero attached hydrogens (tertiary/aromatic N) is 1. The maximum atomic E-state index is 7.51. The lowest BCUT2D eigenvalue weighted by molar-refractivity contribution is 0.222. The number of rotatable bonds is 5. The van der Waals surface area contributed by atoms with Crippen molar-refractivity contribution in [1.82, 2.24) is 4.90 Å². The van der Waals surface area contributed by atoms with Crippen molar-refractivity contribution in [3.8, 4) is 0 Å². The first kappa shape index (κ1) is 12.5. The van der Waals surface area contributed by atoms with Gasteiger partial charge in [0.2, 0.25) is 0 Å². The van der Waals surface area contributed by atoms with E-state index in [1.165, 1.54) is 25.7 Å². The Kier molecular flexibility index (Phi) is 4.14. The molecule has 0 aromatic carbocycles. The van der Waals surface area contributed by atoms with Crippen LogP contribution in [0.5, 0.6) is 0 Å².